The van der Waals surface area contributed by atoms with Crippen molar-refractivity contribution < 1.29 is 4.79 Å². The van der Waals surface area contributed by atoms with Gasteiger partial charge in [0.2, 0.25) is 5.91 Å². The van der Waals surface area contributed by atoms with Gasteiger partial charge in [0.25, 0.3) is 5.56 Å². The van der Waals surface area contributed by atoms with Gasteiger partial charge >= 0.3 is 0 Å². The van der Waals surface area contributed by atoms with Crippen molar-refractivity contribution in [2.75, 3.05) is 5.32 Å². The molecule has 1 amide bonds. The molecule has 2 aromatic rings. The zero-order chi connectivity index (χ0) is 14.0. The van der Waals surface area contributed by atoms with Crippen LogP contribution in [0.2, 0.25) is 0 Å². The summed E-state index contributed by atoms with van der Waals surface area (Å²) in [5, 5.41) is 5.04. The summed E-state index contributed by atoms with van der Waals surface area (Å²) in [7, 11) is 0. The van der Waals surface area contributed by atoms with Crippen LogP contribution in [0.3, 0.4) is 0 Å². The van der Waals surface area contributed by atoms with Crippen LogP contribution in [0.5, 0.6) is 0 Å². The van der Waals surface area contributed by atoms with Crippen LogP contribution >= 0.6 is 11.3 Å². The first-order chi connectivity index (χ1) is 8.95. The van der Waals surface area contributed by atoms with Crippen molar-refractivity contribution in [2.24, 2.45) is 0 Å². The van der Waals surface area contributed by atoms with Crippen LogP contribution in [0.15, 0.2) is 16.2 Å². The second-order valence-electron chi connectivity index (χ2n) is 4.21. The van der Waals surface area contributed by atoms with Crippen molar-refractivity contribution in [2.45, 2.75) is 27.3 Å². The third kappa shape index (κ3) is 3.25. The minimum Gasteiger partial charge on any atom is -0.300 e. The number of aromatic nitrogens is 3. The zero-order valence-corrected chi connectivity index (χ0v) is 11.7. The molecular formula is C12H14N4O2S. The first-order valence-electron chi connectivity index (χ1n) is 5.73. The Labute approximate surface area is 114 Å². The molecule has 2 aromatic heterocycles. The summed E-state index contributed by atoms with van der Waals surface area (Å²) in [5.74, 6) is 0.237. The fourth-order valence-corrected chi connectivity index (χ4v) is 2.37. The molecule has 0 aliphatic rings. The highest BCUT2D eigenvalue weighted by Crippen LogP contribution is 2.14. The predicted molar refractivity (Wildman–Crippen MR) is 73.5 cm³/mol. The molecule has 0 atom stereocenters. The van der Waals surface area contributed by atoms with E-state index in [1.807, 2.05) is 12.3 Å². The van der Waals surface area contributed by atoms with Crippen molar-refractivity contribution in [1.29, 1.82) is 0 Å². The lowest BCUT2D eigenvalue weighted by Gasteiger charge is -2.08. The van der Waals surface area contributed by atoms with Gasteiger partial charge in [-0.1, -0.05) is 0 Å². The van der Waals surface area contributed by atoms with E-state index in [1.165, 1.54) is 22.0 Å². The Balaban J connectivity index is 2.13. The molecule has 0 unspecified atom stereocenters. The number of rotatable bonds is 3. The molecule has 0 aliphatic heterocycles. The molecule has 0 saturated heterocycles. The van der Waals surface area contributed by atoms with Crippen molar-refractivity contribution in [3.63, 3.8) is 0 Å². The molecule has 1 N–H and O–H groups in total. The summed E-state index contributed by atoms with van der Waals surface area (Å²) < 4.78 is 1.34. The molecule has 2 rings (SSSR count). The third-order valence-electron chi connectivity index (χ3n) is 2.49. The standard InChI is InChI=1S/C12H14N4O2S/c1-7-4-11(18)16(9(3)13-7)5-10(17)15-12-14-8(2)6-19-12/h4,6H,5H2,1-3H3,(H,14,15,17). The van der Waals surface area contributed by atoms with Gasteiger partial charge in [-0.2, -0.15) is 0 Å². The summed E-state index contributed by atoms with van der Waals surface area (Å²) in [4.78, 5) is 31.9. The van der Waals surface area contributed by atoms with Gasteiger partial charge in [-0.05, 0) is 20.8 Å². The zero-order valence-electron chi connectivity index (χ0n) is 10.9. The Hall–Kier alpha value is -2.02. The SMILES string of the molecule is Cc1csc(NC(=O)Cn2c(C)nc(C)cc2=O)n1. The average Bonchev–Trinajstić information content (AvgIpc) is 2.69. The van der Waals surface area contributed by atoms with Crippen LogP contribution in [0, 0.1) is 20.8 Å². The first kappa shape index (κ1) is 13.4. The molecule has 2 heterocycles. The fourth-order valence-electron chi connectivity index (χ4n) is 1.67. The minimum atomic E-state index is -0.287. The van der Waals surface area contributed by atoms with Gasteiger partial charge in [0.15, 0.2) is 5.13 Å². The quantitative estimate of drug-likeness (QED) is 0.917. The molecule has 0 bridgehead atoms. The molecular weight excluding hydrogens is 264 g/mol. The van der Waals surface area contributed by atoms with Gasteiger partial charge in [0.05, 0.1) is 5.69 Å². The number of thiazole rings is 1. The van der Waals surface area contributed by atoms with Gasteiger partial charge in [-0.3, -0.25) is 14.2 Å². The van der Waals surface area contributed by atoms with Crippen LogP contribution in [-0.2, 0) is 11.3 Å². The first-order valence-corrected chi connectivity index (χ1v) is 6.61. The Bertz CT molecular complexity index is 675. The van der Waals surface area contributed by atoms with Gasteiger partial charge in [0.1, 0.15) is 12.4 Å². The van der Waals surface area contributed by atoms with E-state index in [0.717, 1.165) is 5.69 Å². The summed E-state index contributed by atoms with van der Waals surface area (Å²) in [6, 6.07) is 1.41. The molecule has 7 heteroatoms. The van der Waals surface area contributed by atoms with E-state index in [-0.39, 0.29) is 18.0 Å². The maximum absolute atomic E-state index is 11.8. The topological polar surface area (TPSA) is 76.9 Å². The van der Waals surface area contributed by atoms with Crippen LogP contribution in [-0.4, -0.2) is 20.4 Å². The molecule has 0 radical (unpaired) electrons. The van der Waals surface area contributed by atoms with E-state index < -0.39 is 0 Å². The number of nitrogens with zero attached hydrogens (tertiary/aromatic N) is 3. The maximum Gasteiger partial charge on any atom is 0.254 e. The number of hydrogen-bond acceptors (Lipinski definition) is 5. The lowest BCUT2D eigenvalue weighted by molar-refractivity contribution is -0.116. The van der Waals surface area contributed by atoms with Crippen LogP contribution < -0.4 is 10.9 Å². The van der Waals surface area contributed by atoms with Crippen molar-refractivity contribution in [1.82, 2.24) is 14.5 Å². The van der Waals surface area contributed by atoms with Gasteiger partial charge in [0, 0.05) is 17.1 Å². The van der Waals surface area contributed by atoms with Gasteiger partial charge in [-0.15, -0.1) is 11.3 Å². The van der Waals surface area contributed by atoms with Crippen LogP contribution in [0.25, 0.3) is 0 Å². The normalized spacial score (nSPS) is 10.5. The largest absolute Gasteiger partial charge is 0.300 e. The highest BCUT2D eigenvalue weighted by atomic mass is 32.1. The Morgan fingerprint density at radius 2 is 2.05 bits per heavy atom. The Morgan fingerprint density at radius 3 is 2.63 bits per heavy atom. The summed E-state index contributed by atoms with van der Waals surface area (Å²) in [6.07, 6.45) is 0. The van der Waals surface area contributed by atoms with Crippen LogP contribution in [0.4, 0.5) is 5.13 Å². The van der Waals surface area contributed by atoms with Gasteiger partial charge in [-0.25, -0.2) is 9.97 Å². The van der Waals surface area contributed by atoms with Crippen LogP contribution in [0.1, 0.15) is 17.2 Å². The molecule has 19 heavy (non-hydrogen) atoms. The number of nitrogens with one attached hydrogen (secondary N) is 1. The molecule has 6 nitrogen and oxygen atoms in total. The number of anilines is 1. The second kappa shape index (κ2) is 5.31. The van der Waals surface area contributed by atoms with E-state index >= 15 is 0 Å². The highest BCUT2D eigenvalue weighted by molar-refractivity contribution is 7.13. The molecule has 0 spiro atoms. The van der Waals surface area contributed by atoms with Crippen molar-refractivity contribution in [3.05, 3.63) is 39.0 Å². The Morgan fingerprint density at radius 1 is 1.32 bits per heavy atom. The van der Waals surface area contributed by atoms with E-state index in [0.29, 0.717) is 16.6 Å². The molecule has 100 valence electrons. The monoisotopic (exact) mass is 278 g/mol. The van der Waals surface area contributed by atoms with E-state index in [1.54, 1.807) is 13.8 Å². The highest BCUT2D eigenvalue weighted by Gasteiger charge is 2.10. The van der Waals surface area contributed by atoms with Crippen molar-refractivity contribution in [3.8, 4) is 0 Å². The number of carbonyl (C=O) groups is 1. The summed E-state index contributed by atoms with van der Waals surface area (Å²) >= 11 is 1.35. The Kier molecular flexibility index (Phi) is 3.75. The maximum atomic E-state index is 11.8. The molecule has 0 aromatic carbocycles. The second-order valence-corrected chi connectivity index (χ2v) is 5.07. The number of aryl methyl sites for hydroxylation is 3. The smallest absolute Gasteiger partial charge is 0.254 e. The number of hydrogen-bond donors (Lipinski definition) is 1. The molecule has 0 aliphatic carbocycles. The number of amides is 1. The lowest BCUT2D eigenvalue weighted by Crippen LogP contribution is -2.29. The third-order valence-corrected chi connectivity index (χ3v) is 3.37. The van der Waals surface area contributed by atoms with E-state index in [4.69, 9.17) is 0 Å². The predicted octanol–water partition coefficient (Wildman–Crippen LogP) is 1.26. The van der Waals surface area contributed by atoms with E-state index in [9.17, 15) is 9.59 Å². The molecule has 0 fully saturated rings. The summed E-state index contributed by atoms with van der Waals surface area (Å²) in [5.41, 5.74) is 1.27. The fraction of sp³-hybridized carbons (Fsp3) is 0.333. The average molecular weight is 278 g/mol. The lowest BCUT2D eigenvalue weighted by atomic mass is 10.4. The van der Waals surface area contributed by atoms with E-state index in [2.05, 4.69) is 15.3 Å². The number of carbonyl (C=O) groups excluding carboxylic acids is 1. The van der Waals surface area contributed by atoms with Crippen molar-refractivity contribution >= 4 is 22.4 Å². The minimum absolute atomic E-state index is 0.0590. The van der Waals surface area contributed by atoms with Gasteiger partial charge < -0.3 is 5.32 Å². The molecule has 0 saturated carbocycles. The summed E-state index contributed by atoms with van der Waals surface area (Å²) in [6.45, 7) is 5.24.